The Bertz CT molecular complexity index is 1090. The number of hydrogen-bond acceptors (Lipinski definition) is 5. The lowest BCUT2D eigenvalue weighted by molar-refractivity contribution is -0.121. The zero-order valence-corrected chi connectivity index (χ0v) is 16.2. The Labute approximate surface area is 171 Å². The molecule has 4 amide bonds. The van der Waals surface area contributed by atoms with Crippen LogP contribution < -0.4 is 9.80 Å². The van der Waals surface area contributed by atoms with E-state index in [9.17, 15) is 24.0 Å². The Morgan fingerprint density at radius 3 is 1.27 bits per heavy atom. The maximum atomic E-state index is 13.5. The number of nitrogens with zero attached hydrogens (tertiary/aromatic N) is 2. The molecule has 0 saturated heterocycles. The van der Waals surface area contributed by atoms with Crippen LogP contribution in [0.5, 0.6) is 0 Å². The van der Waals surface area contributed by atoms with Crippen LogP contribution in [-0.4, -0.2) is 29.4 Å². The van der Waals surface area contributed by atoms with Crippen LogP contribution in [0.2, 0.25) is 0 Å². The van der Waals surface area contributed by atoms with Crippen molar-refractivity contribution in [2.24, 2.45) is 0 Å². The number of aryl methyl sites for hydroxylation is 2. The van der Waals surface area contributed by atoms with E-state index in [1.165, 1.54) is 12.1 Å². The molecule has 2 aliphatic heterocycles. The molecule has 2 heterocycles. The molecule has 7 heteroatoms. The summed E-state index contributed by atoms with van der Waals surface area (Å²) in [7, 11) is 0. The van der Waals surface area contributed by atoms with Crippen LogP contribution in [0.25, 0.3) is 0 Å². The van der Waals surface area contributed by atoms with E-state index in [1.807, 2.05) is 0 Å². The SMILES string of the molecule is Cc1ccc(C(=O)c2ccc(C)cc2N2C(=O)C=CC2=O)c(N2C(=O)C=CC2=O)c1. The highest BCUT2D eigenvalue weighted by Gasteiger charge is 2.32. The summed E-state index contributed by atoms with van der Waals surface area (Å²) < 4.78 is 0. The van der Waals surface area contributed by atoms with Gasteiger partial charge < -0.3 is 0 Å². The number of carbonyl (C=O) groups is 5. The third-order valence-electron chi connectivity index (χ3n) is 4.90. The normalized spacial score (nSPS) is 15.7. The van der Waals surface area contributed by atoms with Crippen molar-refractivity contribution in [3.05, 3.63) is 83.0 Å². The maximum absolute atomic E-state index is 13.5. The van der Waals surface area contributed by atoms with Crippen molar-refractivity contribution in [1.82, 2.24) is 0 Å². The first-order valence-electron chi connectivity index (χ1n) is 9.16. The lowest BCUT2D eigenvalue weighted by Gasteiger charge is -2.21. The molecule has 0 unspecified atom stereocenters. The summed E-state index contributed by atoms with van der Waals surface area (Å²) >= 11 is 0. The van der Waals surface area contributed by atoms with E-state index in [2.05, 4.69) is 0 Å². The van der Waals surface area contributed by atoms with E-state index in [4.69, 9.17) is 0 Å². The second-order valence-electron chi connectivity index (χ2n) is 7.06. The minimum atomic E-state index is -0.544. The molecule has 0 aliphatic carbocycles. The van der Waals surface area contributed by atoms with Crippen molar-refractivity contribution >= 4 is 40.8 Å². The van der Waals surface area contributed by atoms with E-state index < -0.39 is 29.4 Å². The number of rotatable bonds is 4. The lowest BCUT2D eigenvalue weighted by atomic mass is 9.96. The quantitative estimate of drug-likeness (QED) is 0.581. The highest BCUT2D eigenvalue weighted by atomic mass is 16.2. The van der Waals surface area contributed by atoms with E-state index in [0.717, 1.165) is 45.2 Å². The minimum absolute atomic E-state index is 0.114. The van der Waals surface area contributed by atoms with Gasteiger partial charge in [-0.25, -0.2) is 9.80 Å². The number of carbonyl (C=O) groups excluding carboxylic acids is 5. The van der Waals surface area contributed by atoms with Crippen LogP contribution >= 0.6 is 0 Å². The molecule has 0 radical (unpaired) electrons. The van der Waals surface area contributed by atoms with Gasteiger partial charge in [-0.2, -0.15) is 0 Å². The van der Waals surface area contributed by atoms with Crippen LogP contribution in [0.1, 0.15) is 27.0 Å². The summed E-state index contributed by atoms with van der Waals surface area (Å²) in [6, 6.07) is 9.60. The molecule has 2 aromatic carbocycles. The van der Waals surface area contributed by atoms with E-state index >= 15 is 0 Å². The second kappa shape index (κ2) is 7.04. The first-order valence-corrected chi connectivity index (χ1v) is 9.16. The van der Waals surface area contributed by atoms with Crippen LogP contribution in [0.15, 0.2) is 60.7 Å². The van der Waals surface area contributed by atoms with Gasteiger partial charge >= 0.3 is 0 Å². The predicted molar refractivity (Wildman–Crippen MR) is 109 cm³/mol. The standard InChI is InChI=1S/C23H16N2O5/c1-13-3-5-15(17(11-13)24-19(26)7-8-20(24)27)23(30)16-6-4-14(2)12-18(16)25-21(28)9-10-22(25)29/h3-12H,1-2H3. The predicted octanol–water partition coefficient (Wildman–Crippen LogP) is 2.39. The molecule has 0 spiro atoms. The first-order chi connectivity index (χ1) is 14.3. The molecule has 4 rings (SSSR count). The molecule has 2 aliphatic rings. The first kappa shape index (κ1) is 19.2. The molecule has 0 N–H and O–H groups in total. The molecule has 0 fully saturated rings. The molecular weight excluding hydrogens is 384 g/mol. The summed E-state index contributed by atoms with van der Waals surface area (Å²) in [4.78, 5) is 64.2. The molecule has 0 atom stereocenters. The molecule has 0 bridgehead atoms. The summed E-state index contributed by atoms with van der Waals surface area (Å²) in [5, 5.41) is 0. The molecule has 7 nitrogen and oxygen atoms in total. The summed E-state index contributed by atoms with van der Waals surface area (Å²) in [6.45, 7) is 3.56. The van der Waals surface area contributed by atoms with Crippen molar-refractivity contribution in [3.63, 3.8) is 0 Å². The lowest BCUT2D eigenvalue weighted by Crippen LogP contribution is -2.32. The fourth-order valence-corrected chi connectivity index (χ4v) is 3.46. The van der Waals surface area contributed by atoms with Crippen LogP contribution in [0.3, 0.4) is 0 Å². The van der Waals surface area contributed by atoms with Crippen LogP contribution in [-0.2, 0) is 19.2 Å². The summed E-state index contributed by atoms with van der Waals surface area (Å²) in [6.07, 6.45) is 4.57. The smallest absolute Gasteiger partial charge is 0.258 e. The van der Waals surface area contributed by atoms with Crippen molar-refractivity contribution < 1.29 is 24.0 Å². The number of ketones is 1. The third-order valence-corrected chi connectivity index (χ3v) is 4.90. The number of imide groups is 2. The van der Waals surface area contributed by atoms with Crippen molar-refractivity contribution in [2.75, 3.05) is 9.80 Å². The van der Waals surface area contributed by atoms with Gasteiger partial charge in [0.25, 0.3) is 23.6 Å². The van der Waals surface area contributed by atoms with Crippen LogP contribution in [0, 0.1) is 13.8 Å². The average Bonchev–Trinajstić information content (AvgIpc) is 3.21. The van der Waals surface area contributed by atoms with Gasteiger partial charge in [0.15, 0.2) is 5.78 Å². The molecular formula is C23H16N2O5. The summed E-state index contributed by atoms with van der Waals surface area (Å²) in [5.74, 6) is -2.69. The fourth-order valence-electron chi connectivity index (χ4n) is 3.46. The average molecular weight is 400 g/mol. The maximum Gasteiger partial charge on any atom is 0.258 e. The molecule has 148 valence electrons. The third kappa shape index (κ3) is 3.06. The minimum Gasteiger partial charge on any atom is -0.288 e. The Balaban J connectivity index is 1.86. The van der Waals surface area contributed by atoms with Crippen molar-refractivity contribution in [3.8, 4) is 0 Å². The second-order valence-corrected chi connectivity index (χ2v) is 7.06. The Kier molecular flexibility index (Phi) is 4.50. The van der Waals surface area contributed by atoms with Gasteiger partial charge in [0.2, 0.25) is 0 Å². The molecule has 0 saturated carbocycles. The molecule has 0 aromatic heterocycles. The van der Waals surface area contributed by atoms with E-state index in [-0.39, 0.29) is 22.5 Å². The molecule has 30 heavy (non-hydrogen) atoms. The number of hydrogen-bond donors (Lipinski definition) is 0. The van der Waals surface area contributed by atoms with Gasteiger partial charge in [0.05, 0.1) is 11.4 Å². The Hall–Kier alpha value is -4.13. The zero-order chi connectivity index (χ0) is 21.6. The number of amides is 4. The summed E-state index contributed by atoms with van der Waals surface area (Å²) in [5.41, 5.74) is 2.05. The Morgan fingerprint density at radius 1 is 0.600 bits per heavy atom. The van der Waals surface area contributed by atoms with Crippen LogP contribution in [0.4, 0.5) is 11.4 Å². The highest BCUT2D eigenvalue weighted by Crippen LogP contribution is 2.32. The van der Waals surface area contributed by atoms with Gasteiger partial charge in [-0.1, -0.05) is 12.1 Å². The monoisotopic (exact) mass is 400 g/mol. The van der Waals surface area contributed by atoms with Gasteiger partial charge in [-0.05, 0) is 49.2 Å². The van der Waals surface area contributed by atoms with E-state index in [1.54, 1.807) is 38.1 Å². The highest BCUT2D eigenvalue weighted by molar-refractivity contribution is 6.32. The Morgan fingerprint density at radius 2 is 0.933 bits per heavy atom. The zero-order valence-electron chi connectivity index (χ0n) is 16.2. The number of benzene rings is 2. The van der Waals surface area contributed by atoms with Crippen molar-refractivity contribution in [1.29, 1.82) is 0 Å². The number of anilines is 2. The largest absolute Gasteiger partial charge is 0.288 e. The van der Waals surface area contributed by atoms with Gasteiger partial charge in [0, 0.05) is 35.4 Å². The molecule has 2 aromatic rings. The van der Waals surface area contributed by atoms with Gasteiger partial charge in [-0.3, -0.25) is 24.0 Å². The van der Waals surface area contributed by atoms with Gasteiger partial charge in [0.1, 0.15) is 0 Å². The fraction of sp³-hybridized carbons (Fsp3) is 0.0870. The van der Waals surface area contributed by atoms with E-state index in [0.29, 0.717) is 0 Å². The van der Waals surface area contributed by atoms with Gasteiger partial charge in [-0.15, -0.1) is 0 Å². The topological polar surface area (TPSA) is 91.8 Å². The van der Waals surface area contributed by atoms with Crippen molar-refractivity contribution in [2.45, 2.75) is 13.8 Å².